The highest BCUT2D eigenvalue weighted by molar-refractivity contribution is 5.18. The van der Waals surface area contributed by atoms with E-state index in [4.69, 9.17) is 10.5 Å². The molecule has 0 amide bonds. The number of halogens is 1. The van der Waals surface area contributed by atoms with Crippen molar-refractivity contribution in [1.29, 1.82) is 0 Å². The van der Waals surface area contributed by atoms with Gasteiger partial charge >= 0.3 is 0 Å². The standard InChI is InChI=1S/C10H10FNO/c11-6-9(7-12)8-13-10-4-2-1-3-5-10/h2,4-6H,7-8,12H2/b9-6+. The molecule has 2 nitrogen and oxygen atoms in total. The largest absolute Gasteiger partial charge is 0.488 e. The van der Waals surface area contributed by atoms with Gasteiger partial charge in [0, 0.05) is 18.2 Å². The van der Waals surface area contributed by atoms with Crippen LogP contribution >= 0.6 is 0 Å². The number of hydrogen-bond acceptors (Lipinski definition) is 2. The van der Waals surface area contributed by atoms with E-state index >= 15 is 0 Å². The van der Waals surface area contributed by atoms with Crippen LogP contribution in [0.15, 0.2) is 30.1 Å². The molecule has 1 aromatic carbocycles. The summed E-state index contributed by atoms with van der Waals surface area (Å²) >= 11 is 0. The van der Waals surface area contributed by atoms with Crippen LogP contribution < -0.4 is 10.5 Å². The van der Waals surface area contributed by atoms with E-state index in [2.05, 4.69) is 12.1 Å². The topological polar surface area (TPSA) is 35.2 Å². The highest BCUT2D eigenvalue weighted by Crippen LogP contribution is 2.07. The van der Waals surface area contributed by atoms with Crippen LogP contribution in [0.3, 0.4) is 0 Å². The van der Waals surface area contributed by atoms with Crippen LogP contribution in [0.5, 0.6) is 5.75 Å². The fourth-order valence-electron chi connectivity index (χ4n) is 0.734. The first-order valence-electron chi connectivity index (χ1n) is 3.85. The van der Waals surface area contributed by atoms with Crippen LogP contribution in [-0.2, 0) is 0 Å². The molecule has 0 aromatic heterocycles. The molecule has 0 radical (unpaired) electrons. The zero-order valence-corrected chi connectivity index (χ0v) is 7.09. The fraction of sp³-hybridized carbons (Fsp3) is 0.200. The summed E-state index contributed by atoms with van der Waals surface area (Å²) in [6.07, 6.45) is 0.471. The third kappa shape index (κ3) is 3.14. The van der Waals surface area contributed by atoms with Crippen LogP contribution in [0.1, 0.15) is 0 Å². The Labute approximate surface area is 76.8 Å². The maximum absolute atomic E-state index is 12.0. The molecule has 1 rings (SSSR count). The number of nitrogens with two attached hydrogens (primary N) is 1. The maximum Gasteiger partial charge on any atom is 0.128 e. The van der Waals surface area contributed by atoms with Crippen molar-refractivity contribution in [3.8, 4) is 5.75 Å². The smallest absolute Gasteiger partial charge is 0.128 e. The van der Waals surface area contributed by atoms with Crippen LogP contribution in [-0.4, -0.2) is 13.2 Å². The monoisotopic (exact) mass is 179 g/mol. The lowest BCUT2D eigenvalue weighted by Crippen LogP contribution is -2.10. The van der Waals surface area contributed by atoms with Gasteiger partial charge in [-0.25, -0.2) is 4.39 Å². The Hall–Kier alpha value is -1.53. The van der Waals surface area contributed by atoms with Crippen molar-refractivity contribution >= 4 is 0 Å². The van der Waals surface area contributed by atoms with E-state index in [0.29, 0.717) is 17.7 Å². The quantitative estimate of drug-likeness (QED) is 0.759. The molecule has 0 spiro atoms. The predicted octanol–water partition coefficient (Wildman–Crippen LogP) is 1.48. The van der Waals surface area contributed by atoms with Crippen LogP contribution in [0, 0.1) is 12.1 Å². The fourth-order valence-corrected chi connectivity index (χ4v) is 0.734. The van der Waals surface area contributed by atoms with Crippen molar-refractivity contribution in [1.82, 2.24) is 0 Å². The third-order valence-electron chi connectivity index (χ3n) is 1.47. The first kappa shape index (κ1) is 9.56. The van der Waals surface area contributed by atoms with Crippen LogP contribution in [0.4, 0.5) is 4.39 Å². The molecule has 0 saturated heterocycles. The van der Waals surface area contributed by atoms with Gasteiger partial charge in [-0.15, -0.1) is 0 Å². The van der Waals surface area contributed by atoms with Crippen molar-refractivity contribution < 1.29 is 9.13 Å². The second-order valence-electron chi connectivity index (χ2n) is 2.43. The van der Waals surface area contributed by atoms with E-state index in [9.17, 15) is 4.39 Å². The summed E-state index contributed by atoms with van der Waals surface area (Å²) in [5.41, 5.74) is 5.67. The lowest BCUT2D eigenvalue weighted by atomic mass is 10.3. The Kier molecular flexibility index (Phi) is 3.80. The Bertz CT molecular complexity index is 272. The highest BCUT2D eigenvalue weighted by Gasteiger charge is 1.96. The van der Waals surface area contributed by atoms with Gasteiger partial charge < -0.3 is 10.5 Å². The van der Waals surface area contributed by atoms with Crippen molar-refractivity contribution in [3.63, 3.8) is 0 Å². The zero-order valence-electron chi connectivity index (χ0n) is 7.09. The molecule has 13 heavy (non-hydrogen) atoms. The maximum atomic E-state index is 12.0. The van der Waals surface area contributed by atoms with Gasteiger partial charge in [-0.2, -0.15) is 0 Å². The molecule has 3 heteroatoms. The lowest BCUT2D eigenvalue weighted by Gasteiger charge is -2.05. The number of rotatable bonds is 4. The molecule has 0 saturated carbocycles. The molecular weight excluding hydrogens is 169 g/mol. The highest BCUT2D eigenvalue weighted by atomic mass is 19.1. The molecule has 0 aliphatic carbocycles. The molecule has 1 aromatic rings. The van der Waals surface area contributed by atoms with Crippen molar-refractivity contribution in [2.24, 2.45) is 5.73 Å². The lowest BCUT2D eigenvalue weighted by molar-refractivity contribution is 0.347. The van der Waals surface area contributed by atoms with Gasteiger partial charge in [0.2, 0.25) is 0 Å². The SMILES string of the molecule is NC/C(=C\F)COc1cc#ccc1. The first-order valence-corrected chi connectivity index (χ1v) is 3.85. The Morgan fingerprint density at radius 1 is 1.62 bits per heavy atom. The molecule has 0 bridgehead atoms. The zero-order chi connectivity index (χ0) is 9.52. The van der Waals surface area contributed by atoms with E-state index in [1.165, 1.54) is 0 Å². The summed E-state index contributed by atoms with van der Waals surface area (Å²) in [6, 6.07) is 10.5. The van der Waals surface area contributed by atoms with Gasteiger partial charge in [-0.05, 0) is 12.1 Å². The normalized spacial score (nSPS) is 10.8. The van der Waals surface area contributed by atoms with Crippen molar-refractivity contribution in [2.45, 2.75) is 0 Å². The summed E-state index contributed by atoms with van der Waals surface area (Å²) in [5, 5.41) is 0. The Morgan fingerprint density at radius 3 is 3.00 bits per heavy atom. The third-order valence-corrected chi connectivity index (χ3v) is 1.47. The van der Waals surface area contributed by atoms with E-state index in [1.807, 2.05) is 0 Å². The molecule has 2 N–H and O–H groups in total. The molecule has 0 heterocycles. The molecule has 0 unspecified atom stereocenters. The Balaban J connectivity index is 2.43. The van der Waals surface area contributed by atoms with E-state index < -0.39 is 0 Å². The molecule has 68 valence electrons. The Morgan fingerprint density at radius 2 is 2.46 bits per heavy atom. The summed E-state index contributed by atoms with van der Waals surface area (Å²) < 4.78 is 17.2. The van der Waals surface area contributed by atoms with Gasteiger partial charge in [-0.3, -0.25) is 0 Å². The second-order valence-corrected chi connectivity index (χ2v) is 2.43. The van der Waals surface area contributed by atoms with Crippen LogP contribution in [0.2, 0.25) is 0 Å². The minimum atomic E-state index is 0.166. The van der Waals surface area contributed by atoms with Gasteiger partial charge in [0.25, 0.3) is 0 Å². The number of ether oxygens (including phenoxy) is 1. The molecule has 0 atom stereocenters. The average Bonchev–Trinajstić information content (AvgIpc) is 2.21. The average molecular weight is 179 g/mol. The van der Waals surface area contributed by atoms with E-state index in [0.717, 1.165) is 0 Å². The minimum absolute atomic E-state index is 0.166. The van der Waals surface area contributed by atoms with Gasteiger partial charge in [0.1, 0.15) is 12.4 Å². The minimum Gasteiger partial charge on any atom is -0.488 e. The summed E-state index contributed by atoms with van der Waals surface area (Å²) in [7, 11) is 0. The van der Waals surface area contributed by atoms with E-state index in [1.54, 1.807) is 18.2 Å². The van der Waals surface area contributed by atoms with E-state index in [-0.39, 0.29) is 13.2 Å². The first-order chi connectivity index (χ1) is 6.36. The van der Waals surface area contributed by atoms with Crippen molar-refractivity contribution in [3.05, 3.63) is 42.2 Å². The van der Waals surface area contributed by atoms with Gasteiger partial charge in [-0.1, -0.05) is 12.1 Å². The van der Waals surface area contributed by atoms with Gasteiger partial charge in [0.15, 0.2) is 0 Å². The molecular formula is C10H10FNO. The van der Waals surface area contributed by atoms with Crippen LogP contribution in [0.25, 0.3) is 0 Å². The predicted molar refractivity (Wildman–Crippen MR) is 47.9 cm³/mol. The second kappa shape index (κ2) is 5.18. The molecule has 0 aliphatic heterocycles. The molecule has 0 fully saturated rings. The summed E-state index contributed by atoms with van der Waals surface area (Å²) in [5.74, 6) is 0.631. The van der Waals surface area contributed by atoms with Crippen molar-refractivity contribution in [2.75, 3.05) is 13.2 Å². The molecule has 0 aliphatic rings. The number of hydrogen-bond donors (Lipinski definition) is 1. The summed E-state index contributed by atoms with van der Waals surface area (Å²) in [4.78, 5) is 0. The van der Waals surface area contributed by atoms with Gasteiger partial charge in [0.05, 0.1) is 6.33 Å². The summed E-state index contributed by atoms with van der Waals surface area (Å²) in [6.45, 7) is 0.337.